The molecule has 3 aliphatic heterocycles. The van der Waals surface area contributed by atoms with Gasteiger partial charge in [0.2, 0.25) is 0 Å². The number of hydrogen-bond donors (Lipinski definition) is 3. The zero-order valence-corrected chi connectivity index (χ0v) is 37.1. The molecule has 17 heteroatoms. The van der Waals surface area contributed by atoms with Gasteiger partial charge in [-0.2, -0.15) is 0 Å². The van der Waals surface area contributed by atoms with Crippen molar-refractivity contribution in [1.82, 2.24) is 19.5 Å². The molecule has 0 saturated carbocycles. The van der Waals surface area contributed by atoms with Crippen LogP contribution in [0.5, 0.6) is 23.0 Å². The third-order valence-electron chi connectivity index (χ3n) is 11.8. The number of nitrogens with one attached hydrogen (secondary N) is 2. The van der Waals surface area contributed by atoms with Crippen LogP contribution in [0.1, 0.15) is 39.6 Å². The van der Waals surface area contributed by atoms with Crippen molar-refractivity contribution in [3.05, 3.63) is 102 Å². The maximum absolute atomic E-state index is 7.03. The number of anilines is 3. The molecule has 3 aliphatic rings. The van der Waals surface area contributed by atoms with Crippen LogP contribution in [0.15, 0.2) is 90.3 Å². The number of aliphatic imine (C=N–C) groups is 1. The maximum atomic E-state index is 7.03. The monoisotopic (exact) mass is 875 g/mol. The van der Waals surface area contributed by atoms with Crippen molar-refractivity contribution < 1.29 is 40.7 Å². The number of pyridine rings is 1. The summed E-state index contributed by atoms with van der Waals surface area (Å²) in [5.41, 5.74) is 11.1. The lowest BCUT2D eigenvalue weighted by Gasteiger charge is -2.28. The van der Waals surface area contributed by atoms with Gasteiger partial charge in [-0.15, -0.1) is 0 Å². The molecule has 3 saturated heterocycles. The van der Waals surface area contributed by atoms with E-state index in [4.69, 9.17) is 53.6 Å². The largest absolute Gasteiger partial charge is 0.497 e. The molecule has 5 atom stereocenters. The van der Waals surface area contributed by atoms with Crippen molar-refractivity contribution in [2.75, 3.05) is 64.7 Å². The van der Waals surface area contributed by atoms with Crippen LogP contribution in [0.4, 0.5) is 17.3 Å². The van der Waals surface area contributed by atoms with Gasteiger partial charge >= 0.3 is 0 Å². The average molecular weight is 876 g/mol. The number of nitrogens with two attached hydrogens (primary N) is 1. The Kier molecular flexibility index (Phi) is 11.4. The zero-order valence-electron chi connectivity index (χ0n) is 37.1. The molecular formula is C47H57N9O8. The highest BCUT2D eigenvalue weighted by molar-refractivity contribution is 6.00. The fraction of sp³-hybridized carbons (Fsp3) is 0.362. The number of benzene rings is 3. The molecule has 64 heavy (non-hydrogen) atoms. The zero-order chi connectivity index (χ0) is 44.8. The number of fused-ring (bicyclic) bond motifs is 3. The first kappa shape index (κ1) is 42.6. The molecule has 6 heterocycles. The van der Waals surface area contributed by atoms with Gasteiger partial charge in [0.1, 0.15) is 71.5 Å². The summed E-state index contributed by atoms with van der Waals surface area (Å²) in [5, 5.41) is 8.85. The average Bonchev–Trinajstić information content (AvgIpc) is 3.69. The Bertz CT molecular complexity index is 2770. The second-order valence-electron chi connectivity index (χ2n) is 16.4. The minimum atomic E-state index is -0.921. The summed E-state index contributed by atoms with van der Waals surface area (Å²) in [6.07, 6.45) is 4.51. The van der Waals surface area contributed by atoms with E-state index in [0.717, 1.165) is 45.0 Å². The molecule has 3 fully saturated rings. The van der Waals surface area contributed by atoms with Gasteiger partial charge in [-0.25, -0.2) is 15.0 Å². The quantitative estimate of drug-likeness (QED) is 0.0666. The number of hydrogen-bond acceptors (Lipinski definition) is 16. The van der Waals surface area contributed by atoms with Crippen LogP contribution in [-0.2, 0) is 32.0 Å². The summed E-state index contributed by atoms with van der Waals surface area (Å²) < 4.78 is 50.7. The highest BCUT2D eigenvalue weighted by Crippen LogP contribution is 2.51. The SMILES string of the molecule is CN=C/C=C(\N)c1cn([C@@H]2O[C@H](C3(Nc4ccc5ccc(N(C)Cc6ccc(OC)cc6OC)nc5c4)CO3)[C@H]3OC(C)(C)O[C@H]32)c2ncnc(NCc3ccc(OC)cc3OC)c12.[HH].[HH]. The van der Waals surface area contributed by atoms with E-state index in [-0.39, 0.29) is 2.85 Å². The third kappa shape index (κ3) is 8.07. The predicted molar refractivity (Wildman–Crippen MR) is 249 cm³/mol. The minimum absolute atomic E-state index is 0. The predicted octanol–water partition coefficient (Wildman–Crippen LogP) is 7.01. The summed E-state index contributed by atoms with van der Waals surface area (Å²) in [7, 11) is 10.2. The van der Waals surface area contributed by atoms with E-state index in [1.165, 1.54) is 6.33 Å². The van der Waals surface area contributed by atoms with Gasteiger partial charge in [-0.3, -0.25) is 4.99 Å². The molecule has 9 rings (SSSR count). The Balaban J connectivity index is 0.00000324. The first-order valence-corrected chi connectivity index (χ1v) is 20.9. The van der Waals surface area contributed by atoms with Crippen LogP contribution in [-0.4, -0.2) is 105 Å². The van der Waals surface area contributed by atoms with E-state index in [1.54, 1.807) is 47.8 Å². The number of methoxy groups -OCH3 is 4. The van der Waals surface area contributed by atoms with Gasteiger partial charge in [0.05, 0.1) is 39.3 Å². The first-order valence-electron chi connectivity index (χ1n) is 20.9. The summed E-state index contributed by atoms with van der Waals surface area (Å²) >= 11 is 0. The minimum Gasteiger partial charge on any atom is -0.497 e. The fourth-order valence-electron chi connectivity index (χ4n) is 8.57. The van der Waals surface area contributed by atoms with E-state index < -0.39 is 36.1 Å². The highest BCUT2D eigenvalue weighted by atomic mass is 16.8. The molecule has 0 amide bonds. The Morgan fingerprint density at radius 1 is 0.938 bits per heavy atom. The standard InChI is InChI=1S/C47H53N9O8.2H2/c1-46(2)63-40-41(64-46)45(56-24-33(34(48)17-18-49-3)39-43(51-26-52-44(39)56)50-22-28-10-14-31(57-5)20-36(28)59-7)62-42(40)47(25-61-47)54-30-13-9-27-12-16-38(53-35(27)19-30)55(4)23-29-11-15-32(58-6)21-37(29)60-8;;/h9-21,24,26,40-42,45,54H,22-23,25,48H2,1-8H3,(H,50,51,52);2*1H/b34-17-,49-18?;;/t40-,41+,42-,45+,47?;;/m0../s1. The molecule has 0 aliphatic carbocycles. The molecule has 0 radical (unpaired) electrons. The Hall–Kier alpha value is -6.66. The van der Waals surface area contributed by atoms with Crippen molar-refractivity contribution >= 4 is 51.2 Å². The molecule has 0 spiro atoms. The molecule has 6 aromatic rings. The highest BCUT2D eigenvalue weighted by Gasteiger charge is 2.67. The first-order chi connectivity index (χ1) is 31.0. The van der Waals surface area contributed by atoms with E-state index in [2.05, 4.69) is 31.6 Å². The summed E-state index contributed by atoms with van der Waals surface area (Å²) in [5.74, 6) is 3.32. The molecule has 3 aromatic carbocycles. The number of epoxide rings is 1. The van der Waals surface area contributed by atoms with Crippen LogP contribution >= 0.6 is 0 Å². The van der Waals surface area contributed by atoms with Gasteiger partial charge in [0, 0.05) is 88.0 Å². The van der Waals surface area contributed by atoms with Crippen molar-refractivity contribution in [2.45, 2.75) is 63.0 Å². The van der Waals surface area contributed by atoms with Crippen LogP contribution in [0.25, 0.3) is 27.6 Å². The number of allylic oxidation sites excluding steroid dienone is 1. The number of ether oxygens (including phenoxy) is 8. The summed E-state index contributed by atoms with van der Waals surface area (Å²) in [6, 6.07) is 21.7. The van der Waals surface area contributed by atoms with Gasteiger partial charge in [-0.05, 0) is 68.5 Å². The topological polar surface area (TPSA) is 186 Å². The Morgan fingerprint density at radius 2 is 1.64 bits per heavy atom. The number of nitrogens with zero attached hydrogens (tertiary/aromatic N) is 6. The van der Waals surface area contributed by atoms with Crippen LogP contribution in [0.2, 0.25) is 0 Å². The summed E-state index contributed by atoms with van der Waals surface area (Å²) in [4.78, 5) is 20.8. The number of aromatic nitrogens is 4. The van der Waals surface area contributed by atoms with Crippen molar-refractivity contribution in [2.24, 2.45) is 10.7 Å². The van der Waals surface area contributed by atoms with Crippen LogP contribution in [0.3, 0.4) is 0 Å². The lowest BCUT2D eigenvalue weighted by molar-refractivity contribution is -0.202. The van der Waals surface area contributed by atoms with Gasteiger partial charge < -0.3 is 63.7 Å². The normalized spacial score (nSPS) is 22.5. The summed E-state index contributed by atoms with van der Waals surface area (Å²) in [6.45, 7) is 5.17. The van der Waals surface area contributed by atoms with Crippen molar-refractivity contribution in [3.8, 4) is 23.0 Å². The van der Waals surface area contributed by atoms with E-state index >= 15 is 0 Å². The molecule has 4 N–H and O–H groups in total. The fourth-order valence-corrected chi connectivity index (χ4v) is 8.57. The second-order valence-corrected chi connectivity index (χ2v) is 16.4. The van der Waals surface area contributed by atoms with Crippen LogP contribution < -0.4 is 40.2 Å². The van der Waals surface area contributed by atoms with Gasteiger partial charge in [-0.1, -0.05) is 6.07 Å². The smallest absolute Gasteiger partial charge is 0.191 e. The van der Waals surface area contributed by atoms with Gasteiger partial charge in [0.25, 0.3) is 0 Å². The van der Waals surface area contributed by atoms with E-state index in [0.29, 0.717) is 59.3 Å². The lowest BCUT2D eigenvalue weighted by Crippen LogP contribution is -2.46. The third-order valence-corrected chi connectivity index (χ3v) is 11.8. The van der Waals surface area contributed by atoms with Crippen LogP contribution in [0, 0.1) is 0 Å². The molecule has 0 bridgehead atoms. The van der Waals surface area contributed by atoms with Crippen molar-refractivity contribution in [3.63, 3.8) is 0 Å². The van der Waals surface area contributed by atoms with Gasteiger partial charge in [0.15, 0.2) is 17.7 Å². The molecule has 1 unspecified atom stereocenters. The second kappa shape index (κ2) is 17.1. The molecule has 3 aromatic heterocycles. The van der Waals surface area contributed by atoms with Crippen molar-refractivity contribution in [1.29, 1.82) is 0 Å². The van der Waals surface area contributed by atoms with E-state index in [9.17, 15) is 0 Å². The molecular weight excluding hydrogens is 819 g/mol. The maximum Gasteiger partial charge on any atom is 0.191 e. The number of rotatable bonds is 16. The Morgan fingerprint density at radius 3 is 2.34 bits per heavy atom. The molecule has 17 nitrogen and oxygen atoms in total. The van der Waals surface area contributed by atoms with E-state index in [1.807, 2.05) is 92.3 Å². The lowest BCUT2D eigenvalue weighted by atomic mass is 10.0. The Labute approximate surface area is 374 Å². The molecule has 338 valence electrons.